The lowest BCUT2D eigenvalue weighted by molar-refractivity contribution is 0.0906. The Morgan fingerprint density at radius 2 is 1.95 bits per heavy atom. The van der Waals surface area contributed by atoms with Crippen LogP contribution in [0.4, 0.5) is 5.69 Å². The number of aromatic hydroxyl groups is 1. The molecule has 2 aliphatic rings. The summed E-state index contributed by atoms with van der Waals surface area (Å²) in [7, 11) is 1.61. The van der Waals surface area contributed by atoms with Gasteiger partial charge in [0.15, 0.2) is 5.82 Å². The number of fused-ring (bicyclic) bond motifs is 1. The number of piperazine rings is 1. The number of pyridine rings is 1. The lowest BCUT2D eigenvalue weighted by Crippen LogP contribution is -2.49. The monoisotopic (exact) mass is 517 g/mol. The Bertz CT molecular complexity index is 1450. The summed E-state index contributed by atoms with van der Waals surface area (Å²) in [6, 6.07) is 14.4. The Kier molecular flexibility index (Phi) is 6.69. The van der Waals surface area contributed by atoms with Crippen molar-refractivity contribution in [2.24, 2.45) is 0 Å². The lowest BCUT2D eigenvalue weighted by Gasteiger charge is -2.39. The molecule has 4 heterocycles. The molecule has 2 aromatic heterocycles. The summed E-state index contributed by atoms with van der Waals surface area (Å²) >= 11 is 0. The van der Waals surface area contributed by atoms with Gasteiger partial charge in [0.25, 0.3) is 5.56 Å². The van der Waals surface area contributed by atoms with Gasteiger partial charge >= 0.3 is 0 Å². The molecule has 0 amide bonds. The van der Waals surface area contributed by atoms with Crippen LogP contribution in [0, 0.1) is 0 Å². The van der Waals surface area contributed by atoms with Crippen LogP contribution in [0.2, 0.25) is 0 Å². The first-order valence-electron chi connectivity index (χ1n) is 13.0. The molecule has 6 rings (SSSR count). The maximum Gasteiger partial charge on any atom is 0.253 e. The number of nitrogens with one attached hydrogen (secondary N) is 1. The van der Waals surface area contributed by atoms with Crippen LogP contribution in [0.1, 0.15) is 30.3 Å². The molecule has 11 nitrogen and oxygen atoms in total. The first-order valence-corrected chi connectivity index (χ1v) is 13.0. The number of methoxy groups -OCH3 is 1. The molecule has 4 aromatic rings. The summed E-state index contributed by atoms with van der Waals surface area (Å²) in [5, 5.41) is 23.3. The van der Waals surface area contributed by atoms with Crippen LogP contribution in [0.25, 0.3) is 10.9 Å². The average Bonchev–Trinajstić information content (AvgIpc) is 3.63. The minimum Gasteiger partial charge on any atom is -0.508 e. The van der Waals surface area contributed by atoms with Gasteiger partial charge in [0.1, 0.15) is 17.5 Å². The molecule has 2 fully saturated rings. The van der Waals surface area contributed by atoms with Crippen molar-refractivity contribution in [3.8, 4) is 11.5 Å². The number of benzene rings is 2. The third-order valence-corrected chi connectivity index (χ3v) is 7.48. The molecule has 2 saturated heterocycles. The van der Waals surface area contributed by atoms with Gasteiger partial charge in [-0.15, -0.1) is 5.10 Å². The maximum atomic E-state index is 13.5. The Balaban J connectivity index is 1.35. The van der Waals surface area contributed by atoms with E-state index in [1.807, 2.05) is 36.4 Å². The molecule has 2 atom stereocenters. The minimum absolute atomic E-state index is 0.0617. The average molecular weight is 518 g/mol. The second-order valence-corrected chi connectivity index (χ2v) is 9.80. The summed E-state index contributed by atoms with van der Waals surface area (Å²) in [6.45, 7) is 4.24. The van der Waals surface area contributed by atoms with Crippen molar-refractivity contribution in [3.63, 3.8) is 0 Å². The van der Waals surface area contributed by atoms with Crippen LogP contribution in [0.15, 0.2) is 53.3 Å². The maximum absolute atomic E-state index is 13.5. The molecule has 0 aliphatic carbocycles. The van der Waals surface area contributed by atoms with Gasteiger partial charge in [-0.25, -0.2) is 4.68 Å². The first kappa shape index (κ1) is 24.4. The molecule has 0 saturated carbocycles. The number of rotatable bonds is 7. The summed E-state index contributed by atoms with van der Waals surface area (Å²) in [5.41, 5.74) is 2.19. The quantitative estimate of drug-likeness (QED) is 0.380. The molecule has 0 spiro atoms. The second kappa shape index (κ2) is 10.4. The summed E-state index contributed by atoms with van der Waals surface area (Å²) in [4.78, 5) is 21.1. The molecule has 2 aromatic carbocycles. The number of hydrogen-bond donors (Lipinski definition) is 2. The van der Waals surface area contributed by atoms with Gasteiger partial charge in [-0.3, -0.25) is 9.69 Å². The van der Waals surface area contributed by atoms with Crippen molar-refractivity contribution in [2.45, 2.75) is 31.5 Å². The normalized spacial score (nSPS) is 19.2. The van der Waals surface area contributed by atoms with Gasteiger partial charge in [-0.2, -0.15) is 0 Å². The Labute approximate surface area is 219 Å². The molecular weight excluding hydrogens is 486 g/mol. The number of phenolic OH excluding ortho intramolecular Hbond substituents is 1. The number of H-pyrrole nitrogens is 1. The fourth-order valence-corrected chi connectivity index (χ4v) is 5.45. The van der Waals surface area contributed by atoms with E-state index in [-0.39, 0.29) is 17.4 Å². The van der Waals surface area contributed by atoms with Crippen molar-refractivity contribution in [1.29, 1.82) is 0 Å². The number of aromatic nitrogens is 5. The molecule has 2 N–H and O–H groups in total. The van der Waals surface area contributed by atoms with E-state index in [1.54, 1.807) is 23.9 Å². The standard InChI is InChI=1S/C27H31N7O4/c1-37-21-9-4-18-15-23(27(36)28-24(18)16-21)25(26-29-30-31-34(26)17-22-3-2-14-38-22)33-12-10-32(11-13-33)19-5-7-20(35)8-6-19/h4-9,15-16,22,25,35H,2-3,10-14,17H2,1H3,(H,28,36)/t22-,25+/m0/s1. The van der Waals surface area contributed by atoms with Gasteiger partial charge in [0, 0.05) is 50.1 Å². The highest BCUT2D eigenvalue weighted by Crippen LogP contribution is 2.30. The number of anilines is 1. The topological polar surface area (TPSA) is 122 Å². The van der Waals surface area contributed by atoms with E-state index in [0.29, 0.717) is 42.3 Å². The van der Waals surface area contributed by atoms with E-state index in [0.717, 1.165) is 43.6 Å². The second-order valence-electron chi connectivity index (χ2n) is 9.80. The molecule has 0 radical (unpaired) electrons. The molecule has 38 heavy (non-hydrogen) atoms. The molecule has 11 heteroatoms. The van der Waals surface area contributed by atoms with Crippen molar-refractivity contribution < 1.29 is 14.6 Å². The van der Waals surface area contributed by atoms with Crippen LogP contribution in [-0.2, 0) is 11.3 Å². The number of hydrogen-bond acceptors (Lipinski definition) is 9. The molecule has 0 unspecified atom stereocenters. The number of aromatic amines is 1. The Hall–Kier alpha value is -3.96. The zero-order chi connectivity index (χ0) is 26.1. The van der Waals surface area contributed by atoms with Crippen molar-refractivity contribution in [1.82, 2.24) is 30.1 Å². The third-order valence-electron chi connectivity index (χ3n) is 7.48. The fourth-order valence-electron chi connectivity index (χ4n) is 5.45. The van der Waals surface area contributed by atoms with E-state index in [1.165, 1.54) is 0 Å². The Morgan fingerprint density at radius 1 is 1.13 bits per heavy atom. The summed E-state index contributed by atoms with van der Waals surface area (Å²) in [5.74, 6) is 1.57. The SMILES string of the molecule is COc1ccc2cc([C@H](c3nnnn3C[C@@H]3CCCO3)N3CCN(c4ccc(O)cc4)CC3)c(=O)[nH]c2c1. The predicted molar refractivity (Wildman–Crippen MR) is 142 cm³/mol. The lowest BCUT2D eigenvalue weighted by atomic mass is 10.0. The van der Waals surface area contributed by atoms with Gasteiger partial charge in [-0.1, -0.05) is 0 Å². The summed E-state index contributed by atoms with van der Waals surface area (Å²) in [6.07, 6.45) is 2.05. The van der Waals surface area contributed by atoms with E-state index in [4.69, 9.17) is 9.47 Å². The van der Waals surface area contributed by atoms with Crippen LogP contribution < -0.4 is 15.2 Å². The minimum atomic E-state index is -0.427. The van der Waals surface area contributed by atoms with Gasteiger partial charge < -0.3 is 24.5 Å². The number of nitrogens with zero attached hydrogens (tertiary/aromatic N) is 6. The fraction of sp³-hybridized carbons (Fsp3) is 0.407. The first-order chi connectivity index (χ1) is 18.6. The van der Waals surface area contributed by atoms with Crippen molar-refractivity contribution in [3.05, 3.63) is 70.3 Å². The molecule has 198 valence electrons. The number of ether oxygens (including phenoxy) is 2. The van der Waals surface area contributed by atoms with Gasteiger partial charge in [0.05, 0.1) is 25.3 Å². The van der Waals surface area contributed by atoms with E-state index in [9.17, 15) is 9.90 Å². The Morgan fingerprint density at radius 3 is 2.68 bits per heavy atom. The van der Waals surface area contributed by atoms with Gasteiger partial charge in [0.2, 0.25) is 0 Å². The van der Waals surface area contributed by atoms with Crippen LogP contribution >= 0.6 is 0 Å². The third kappa shape index (κ3) is 4.82. The molecule has 2 aliphatic heterocycles. The molecule has 0 bridgehead atoms. The highest BCUT2D eigenvalue weighted by molar-refractivity contribution is 5.80. The van der Waals surface area contributed by atoms with Crippen molar-refractivity contribution >= 4 is 16.6 Å². The van der Waals surface area contributed by atoms with E-state index >= 15 is 0 Å². The van der Waals surface area contributed by atoms with E-state index < -0.39 is 6.04 Å². The predicted octanol–water partition coefficient (Wildman–Crippen LogP) is 2.32. The van der Waals surface area contributed by atoms with Crippen LogP contribution in [0.5, 0.6) is 11.5 Å². The smallest absolute Gasteiger partial charge is 0.253 e. The number of tetrazole rings is 1. The van der Waals surface area contributed by atoms with Crippen molar-refractivity contribution in [2.75, 3.05) is 44.8 Å². The zero-order valence-electron chi connectivity index (χ0n) is 21.3. The zero-order valence-corrected chi connectivity index (χ0v) is 21.3. The highest BCUT2D eigenvalue weighted by atomic mass is 16.5. The van der Waals surface area contributed by atoms with Crippen LogP contribution in [0.3, 0.4) is 0 Å². The number of phenols is 1. The largest absolute Gasteiger partial charge is 0.508 e. The summed E-state index contributed by atoms with van der Waals surface area (Å²) < 4.78 is 13.0. The molecular formula is C27H31N7O4. The van der Waals surface area contributed by atoms with Crippen LogP contribution in [-0.4, -0.2) is 81.2 Å². The van der Waals surface area contributed by atoms with E-state index in [2.05, 4.69) is 30.3 Å². The highest BCUT2D eigenvalue weighted by Gasteiger charge is 2.33. The van der Waals surface area contributed by atoms with Gasteiger partial charge in [-0.05, 0) is 71.1 Å².